The molecule has 2 nitrogen and oxygen atoms in total. The van der Waals surface area contributed by atoms with E-state index in [0.29, 0.717) is 0 Å². The van der Waals surface area contributed by atoms with E-state index in [1.165, 1.54) is 22.3 Å². The Bertz CT molecular complexity index is 1780. The molecule has 0 atom stereocenters. The van der Waals surface area contributed by atoms with Crippen LogP contribution in [-0.4, -0.2) is 0 Å². The molecule has 0 saturated heterocycles. The summed E-state index contributed by atoms with van der Waals surface area (Å²) in [7, 11) is 0. The molecule has 0 aliphatic heterocycles. The second-order valence-electron chi connectivity index (χ2n) is 10.4. The number of furan rings is 1. The van der Waals surface area contributed by atoms with E-state index in [-0.39, 0.29) is 5.41 Å². The standard InChI is InChI=1S/C35H26ClNO/c1-35(2)31-12-5-4-11-29(31)30-19-18-28(22-32(30)35)37(26-16-14-25(36)15-17-26)27-10-7-9-23(20-27)34-21-24-8-3-6-13-33(24)38-34/h3-22H,1-2H3. The molecule has 6 aromatic rings. The Morgan fingerprint density at radius 1 is 0.605 bits per heavy atom. The van der Waals surface area contributed by atoms with Gasteiger partial charge in [0.05, 0.1) is 0 Å². The second-order valence-corrected chi connectivity index (χ2v) is 10.8. The minimum Gasteiger partial charge on any atom is -0.456 e. The Morgan fingerprint density at radius 2 is 1.32 bits per heavy atom. The molecule has 184 valence electrons. The van der Waals surface area contributed by atoms with Crippen molar-refractivity contribution in [3.05, 3.63) is 137 Å². The normalized spacial score (nSPS) is 13.3. The van der Waals surface area contributed by atoms with Crippen LogP contribution in [0.1, 0.15) is 25.0 Å². The molecule has 38 heavy (non-hydrogen) atoms. The van der Waals surface area contributed by atoms with Crippen molar-refractivity contribution in [1.82, 2.24) is 0 Å². The number of nitrogens with zero attached hydrogens (tertiary/aromatic N) is 1. The van der Waals surface area contributed by atoms with Crippen molar-refractivity contribution in [1.29, 1.82) is 0 Å². The molecule has 1 aliphatic carbocycles. The van der Waals surface area contributed by atoms with Crippen molar-refractivity contribution in [3.63, 3.8) is 0 Å². The molecule has 0 amide bonds. The summed E-state index contributed by atoms with van der Waals surface area (Å²) in [6.07, 6.45) is 0. The van der Waals surface area contributed by atoms with Gasteiger partial charge in [-0.15, -0.1) is 0 Å². The number of benzene rings is 5. The fourth-order valence-electron chi connectivity index (χ4n) is 5.79. The van der Waals surface area contributed by atoms with E-state index < -0.39 is 0 Å². The first-order chi connectivity index (χ1) is 18.5. The van der Waals surface area contributed by atoms with Crippen LogP contribution in [0.25, 0.3) is 33.4 Å². The Kier molecular flexibility index (Phi) is 5.21. The van der Waals surface area contributed by atoms with Gasteiger partial charge in [-0.1, -0.05) is 86.1 Å². The van der Waals surface area contributed by atoms with E-state index in [1.54, 1.807) is 0 Å². The van der Waals surface area contributed by atoms with E-state index in [0.717, 1.165) is 44.4 Å². The van der Waals surface area contributed by atoms with E-state index in [2.05, 4.69) is 110 Å². The van der Waals surface area contributed by atoms with Gasteiger partial charge in [-0.05, 0) is 82.9 Å². The first-order valence-electron chi connectivity index (χ1n) is 12.9. The number of rotatable bonds is 4. The van der Waals surface area contributed by atoms with Gasteiger partial charge in [-0.25, -0.2) is 0 Å². The topological polar surface area (TPSA) is 16.4 Å². The average molecular weight is 512 g/mol. The average Bonchev–Trinajstić information content (AvgIpc) is 3.48. The molecule has 0 radical (unpaired) electrons. The molecule has 7 rings (SSSR count). The van der Waals surface area contributed by atoms with Crippen LogP contribution in [-0.2, 0) is 5.41 Å². The maximum Gasteiger partial charge on any atom is 0.135 e. The number of fused-ring (bicyclic) bond motifs is 4. The third kappa shape index (κ3) is 3.64. The van der Waals surface area contributed by atoms with Gasteiger partial charge in [0, 0.05) is 38.4 Å². The summed E-state index contributed by atoms with van der Waals surface area (Å²) in [4.78, 5) is 2.29. The zero-order valence-electron chi connectivity index (χ0n) is 21.3. The lowest BCUT2D eigenvalue weighted by molar-refractivity contribution is 0.631. The van der Waals surface area contributed by atoms with Crippen molar-refractivity contribution in [3.8, 4) is 22.5 Å². The minimum absolute atomic E-state index is 0.0796. The fraction of sp³-hybridized carbons (Fsp3) is 0.0857. The summed E-state index contributed by atoms with van der Waals surface area (Å²) >= 11 is 6.29. The molecule has 0 bridgehead atoms. The van der Waals surface area contributed by atoms with E-state index in [1.807, 2.05) is 30.3 Å². The molecule has 1 aliphatic rings. The summed E-state index contributed by atoms with van der Waals surface area (Å²) in [5, 5.41) is 1.82. The summed E-state index contributed by atoms with van der Waals surface area (Å²) in [5.41, 5.74) is 10.4. The highest BCUT2D eigenvalue weighted by atomic mass is 35.5. The molecular weight excluding hydrogens is 486 g/mol. The van der Waals surface area contributed by atoms with Gasteiger partial charge in [0.15, 0.2) is 0 Å². The van der Waals surface area contributed by atoms with Gasteiger partial charge in [-0.3, -0.25) is 0 Å². The molecule has 5 aromatic carbocycles. The lowest BCUT2D eigenvalue weighted by Crippen LogP contribution is -2.16. The molecule has 3 heteroatoms. The molecule has 0 unspecified atom stereocenters. The SMILES string of the molecule is CC1(C)c2ccccc2-c2ccc(N(c3ccc(Cl)cc3)c3cccc(-c4cc5ccccc5o4)c3)cc21. The smallest absolute Gasteiger partial charge is 0.135 e. The zero-order valence-corrected chi connectivity index (χ0v) is 22.0. The number of hydrogen-bond acceptors (Lipinski definition) is 2. The van der Waals surface area contributed by atoms with Gasteiger partial charge < -0.3 is 9.32 Å². The van der Waals surface area contributed by atoms with Crippen LogP contribution >= 0.6 is 11.6 Å². The van der Waals surface area contributed by atoms with Crippen molar-refractivity contribution < 1.29 is 4.42 Å². The minimum atomic E-state index is -0.0796. The second kappa shape index (κ2) is 8.65. The quantitative estimate of drug-likeness (QED) is 0.234. The Balaban J connectivity index is 1.38. The molecule has 0 fully saturated rings. The summed E-state index contributed by atoms with van der Waals surface area (Å²) < 4.78 is 6.20. The lowest BCUT2D eigenvalue weighted by atomic mass is 9.82. The van der Waals surface area contributed by atoms with Crippen LogP contribution < -0.4 is 4.90 Å². The van der Waals surface area contributed by atoms with Crippen LogP contribution in [0, 0.1) is 0 Å². The van der Waals surface area contributed by atoms with E-state index >= 15 is 0 Å². The van der Waals surface area contributed by atoms with E-state index in [9.17, 15) is 0 Å². The van der Waals surface area contributed by atoms with Gasteiger partial charge in [0.2, 0.25) is 0 Å². The number of halogens is 1. The van der Waals surface area contributed by atoms with Crippen LogP contribution in [0.4, 0.5) is 17.1 Å². The third-order valence-corrected chi connectivity index (χ3v) is 7.98. The van der Waals surface area contributed by atoms with Crippen molar-refractivity contribution >= 4 is 39.6 Å². The summed E-state index contributed by atoms with van der Waals surface area (Å²) in [5.74, 6) is 0.856. The van der Waals surface area contributed by atoms with E-state index in [4.69, 9.17) is 16.0 Å². The Morgan fingerprint density at radius 3 is 2.16 bits per heavy atom. The molecule has 0 saturated carbocycles. The summed E-state index contributed by atoms with van der Waals surface area (Å²) in [6.45, 7) is 4.63. The number of para-hydroxylation sites is 1. The van der Waals surface area contributed by atoms with Gasteiger partial charge in [-0.2, -0.15) is 0 Å². The summed E-state index contributed by atoms with van der Waals surface area (Å²) in [6, 6.07) is 42.4. The highest BCUT2D eigenvalue weighted by molar-refractivity contribution is 6.30. The predicted octanol–water partition coefficient (Wildman–Crippen LogP) is 10.5. The maximum absolute atomic E-state index is 6.29. The number of hydrogen-bond donors (Lipinski definition) is 0. The molecular formula is C35H26ClNO. The van der Waals surface area contributed by atoms with Crippen LogP contribution in [0.15, 0.2) is 126 Å². The first kappa shape index (κ1) is 22.9. The Labute approximate surface area is 227 Å². The molecule has 1 aromatic heterocycles. The molecule has 0 spiro atoms. The zero-order chi connectivity index (χ0) is 25.9. The van der Waals surface area contributed by atoms with Crippen LogP contribution in [0.5, 0.6) is 0 Å². The maximum atomic E-state index is 6.29. The highest BCUT2D eigenvalue weighted by Crippen LogP contribution is 2.50. The van der Waals surface area contributed by atoms with Gasteiger partial charge in [0.25, 0.3) is 0 Å². The first-order valence-corrected chi connectivity index (χ1v) is 13.3. The van der Waals surface area contributed by atoms with Gasteiger partial charge in [0.1, 0.15) is 11.3 Å². The van der Waals surface area contributed by atoms with Crippen molar-refractivity contribution in [2.24, 2.45) is 0 Å². The Hall–Kier alpha value is -4.27. The molecule has 0 N–H and O–H groups in total. The number of anilines is 3. The monoisotopic (exact) mass is 511 g/mol. The van der Waals surface area contributed by atoms with Crippen LogP contribution in [0.2, 0.25) is 5.02 Å². The van der Waals surface area contributed by atoms with Gasteiger partial charge >= 0.3 is 0 Å². The van der Waals surface area contributed by atoms with Crippen LogP contribution in [0.3, 0.4) is 0 Å². The largest absolute Gasteiger partial charge is 0.456 e. The predicted molar refractivity (Wildman–Crippen MR) is 159 cm³/mol. The fourth-order valence-corrected chi connectivity index (χ4v) is 5.92. The highest BCUT2D eigenvalue weighted by Gasteiger charge is 2.35. The molecule has 1 heterocycles. The van der Waals surface area contributed by atoms with Crippen molar-refractivity contribution in [2.45, 2.75) is 19.3 Å². The lowest BCUT2D eigenvalue weighted by Gasteiger charge is -2.28. The van der Waals surface area contributed by atoms with Crippen molar-refractivity contribution in [2.75, 3.05) is 4.90 Å². The third-order valence-electron chi connectivity index (χ3n) is 7.72.